The van der Waals surface area contributed by atoms with Crippen molar-refractivity contribution in [3.8, 4) is 0 Å². The maximum Gasteiger partial charge on any atom is 0.0547 e. The molecule has 3 atom stereocenters. The number of hydrogen-bond donors (Lipinski definition) is 1. The summed E-state index contributed by atoms with van der Waals surface area (Å²) in [5.41, 5.74) is 0. The van der Waals surface area contributed by atoms with E-state index in [4.69, 9.17) is 11.6 Å². The number of rotatable bonds is 5. The molecule has 1 aromatic heterocycles. The first-order valence-corrected chi connectivity index (χ1v) is 8.39. The monoisotopic (exact) mass is 285 g/mol. The van der Waals surface area contributed by atoms with Crippen molar-refractivity contribution in [3.63, 3.8) is 0 Å². The van der Waals surface area contributed by atoms with Gasteiger partial charge in [0.05, 0.1) is 5.02 Å². The van der Waals surface area contributed by atoms with Crippen LogP contribution in [0, 0.1) is 11.8 Å². The molecule has 0 radical (unpaired) electrons. The van der Waals surface area contributed by atoms with Crippen LogP contribution in [0.5, 0.6) is 0 Å². The van der Waals surface area contributed by atoms with Gasteiger partial charge in [-0.05, 0) is 55.6 Å². The molecule has 1 N–H and O–H groups in total. The highest BCUT2D eigenvalue weighted by atomic mass is 35.5. The van der Waals surface area contributed by atoms with Crippen LogP contribution in [0.4, 0.5) is 0 Å². The van der Waals surface area contributed by atoms with E-state index in [2.05, 4.69) is 30.7 Å². The molecule has 3 heteroatoms. The van der Waals surface area contributed by atoms with Gasteiger partial charge in [0.25, 0.3) is 0 Å². The van der Waals surface area contributed by atoms with E-state index in [1.807, 2.05) is 11.3 Å². The van der Waals surface area contributed by atoms with Crippen LogP contribution in [0.2, 0.25) is 5.02 Å². The lowest BCUT2D eigenvalue weighted by Gasteiger charge is -2.36. The van der Waals surface area contributed by atoms with Gasteiger partial charge < -0.3 is 5.32 Å². The first-order chi connectivity index (χ1) is 8.76. The molecule has 0 aromatic carbocycles. The second-order valence-electron chi connectivity index (χ2n) is 5.52. The molecule has 1 aliphatic rings. The Kier molecular flexibility index (Phi) is 5.53. The first kappa shape index (κ1) is 14.4. The molecule has 0 amide bonds. The molecule has 2 rings (SSSR count). The summed E-state index contributed by atoms with van der Waals surface area (Å²) in [6.07, 6.45) is 6.78. The predicted molar refractivity (Wildman–Crippen MR) is 81.7 cm³/mol. The average Bonchev–Trinajstić information content (AvgIpc) is 2.78. The van der Waals surface area contributed by atoms with Crippen LogP contribution < -0.4 is 5.32 Å². The molecule has 102 valence electrons. The molecular formula is C15H24ClNS. The molecule has 3 unspecified atom stereocenters. The quantitative estimate of drug-likeness (QED) is 0.809. The van der Waals surface area contributed by atoms with Crippen molar-refractivity contribution >= 4 is 22.9 Å². The Morgan fingerprint density at radius 1 is 1.44 bits per heavy atom. The summed E-state index contributed by atoms with van der Waals surface area (Å²) in [4.78, 5) is 1.43. The fourth-order valence-corrected chi connectivity index (χ4v) is 4.79. The van der Waals surface area contributed by atoms with E-state index in [0.717, 1.165) is 23.4 Å². The third-order valence-electron chi connectivity index (χ3n) is 4.25. The zero-order valence-electron chi connectivity index (χ0n) is 11.4. The van der Waals surface area contributed by atoms with Gasteiger partial charge in [-0.1, -0.05) is 37.8 Å². The van der Waals surface area contributed by atoms with Crippen molar-refractivity contribution in [1.29, 1.82) is 0 Å². The summed E-state index contributed by atoms with van der Waals surface area (Å²) in [5, 5.41) is 6.48. The van der Waals surface area contributed by atoms with Crippen molar-refractivity contribution < 1.29 is 0 Å². The molecule has 0 bridgehead atoms. The van der Waals surface area contributed by atoms with Gasteiger partial charge in [0, 0.05) is 4.88 Å². The van der Waals surface area contributed by atoms with Crippen LogP contribution in [0.3, 0.4) is 0 Å². The van der Waals surface area contributed by atoms with Crippen molar-refractivity contribution in [2.24, 2.45) is 11.8 Å². The van der Waals surface area contributed by atoms with Crippen molar-refractivity contribution in [2.75, 3.05) is 13.6 Å². The second kappa shape index (κ2) is 6.93. The number of halogens is 1. The Morgan fingerprint density at radius 3 is 2.89 bits per heavy atom. The second-order valence-corrected chi connectivity index (χ2v) is 6.88. The zero-order chi connectivity index (χ0) is 13.0. The minimum Gasteiger partial charge on any atom is -0.319 e. The molecule has 0 saturated heterocycles. The SMILES string of the molecule is CCCC1CCC(CNC)C(c2sccc2Cl)C1. The van der Waals surface area contributed by atoms with E-state index >= 15 is 0 Å². The van der Waals surface area contributed by atoms with E-state index < -0.39 is 0 Å². The van der Waals surface area contributed by atoms with E-state index in [-0.39, 0.29) is 0 Å². The lowest BCUT2D eigenvalue weighted by atomic mass is 9.72. The Labute approximate surface area is 120 Å². The largest absolute Gasteiger partial charge is 0.319 e. The van der Waals surface area contributed by atoms with Crippen LogP contribution >= 0.6 is 22.9 Å². The van der Waals surface area contributed by atoms with Gasteiger partial charge in [0.15, 0.2) is 0 Å². The molecule has 1 saturated carbocycles. The molecule has 1 fully saturated rings. The highest BCUT2D eigenvalue weighted by molar-refractivity contribution is 7.10. The summed E-state index contributed by atoms with van der Waals surface area (Å²) >= 11 is 8.20. The van der Waals surface area contributed by atoms with Crippen LogP contribution in [-0.2, 0) is 0 Å². The van der Waals surface area contributed by atoms with Gasteiger partial charge in [-0.2, -0.15) is 0 Å². The van der Waals surface area contributed by atoms with Gasteiger partial charge in [-0.15, -0.1) is 11.3 Å². The molecule has 1 aromatic rings. The maximum absolute atomic E-state index is 6.35. The lowest BCUT2D eigenvalue weighted by Crippen LogP contribution is -2.30. The smallest absolute Gasteiger partial charge is 0.0547 e. The van der Waals surface area contributed by atoms with Crippen molar-refractivity contribution in [3.05, 3.63) is 21.3 Å². The Balaban J connectivity index is 2.12. The Morgan fingerprint density at radius 2 is 2.28 bits per heavy atom. The van der Waals surface area contributed by atoms with E-state index in [1.54, 1.807) is 0 Å². The minimum atomic E-state index is 0.676. The predicted octanol–water partition coefficient (Wildman–Crippen LogP) is 4.92. The number of hydrogen-bond acceptors (Lipinski definition) is 2. The lowest BCUT2D eigenvalue weighted by molar-refractivity contribution is 0.225. The standard InChI is InChI=1S/C15H24ClNS/c1-3-4-11-5-6-12(10-17-2)13(9-11)15-14(16)7-8-18-15/h7-8,11-13,17H,3-6,9-10H2,1-2H3. The molecule has 1 nitrogen and oxygen atoms in total. The highest BCUT2D eigenvalue weighted by Gasteiger charge is 2.32. The molecule has 0 aliphatic heterocycles. The fraction of sp³-hybridized carbons (Fsp3) is 0.733. The minimum absolute atomic E-state index is 0.676. The Bertz CT molecular complexity index is 363. The first-order valence-electron chi connectivity index (χ1n) is 7.13. The van der Waals surface area contributed by atoms with Gasteiger partial charge in [0.1, 0.15) is 0 Å². The number of nitrogens with one attached hydrogen (secondary N) is 1. The molecular weight excluding hydrogens is 262 g/mol. The highest BCUT2D eigenvalue weighted by Crippen LogP contribution is 2.45. The third kappa shape index (κ3) is 3.28. The third-order valence-corrected chi connectivity index (χ3v) is 5.74. The molecule has 0 spiro atoms. The van der Waals surface area contributed by atoms with Gasteiger partial charge >= 0.3 is 0 Å². The van der Waals surface area contributed by atoms with Gasteiger partial charge in [-0.3, -0.25) is 0 Å². The summed E-state index contributed by atoms with van der Waals surface area (Å²) < 4.78 is 0. The van der Waals surface area contributed by atoms with Crippen molar-refractivity contribution in [2.45, 2.75) is 44.9 Å². The van der Waals surface area contributed by atoms with Crippen LogP contribution in [0.25, 0.3) is 0 Å². The van der Waals surface area contributed by atoms with Gasteiger partial charge in [-0.25, -0.2) is 0 Å². The van der Waals surface area contributed by atoms with Gasteiger partial charge in [0.2, 0.25) is 0 Å². The van der Waals surface area contributed by atoms with E-state index in [1.165, 1.54) is 37.0 Å². The fourth-order valence-electron chi connectivity index (χ4n) is 3.39. The van der Waals surface area contributed by atoms with Crippen LogP contribution in [-0.4, -0.2) is 13.6 Å². The van der Waals surface area contributed by atoms with E-state index in [9.17, 15) is 0 Å². The van der Waals surface area contributed by atoms with Crippen LogP contribution in [0.1, 0.15) is 49.8 Å². The number of thiophene rings is 1. The Hall–Kier alpha value is -0.0500. The zero-order valence-corrected chi connectivity index (χ0v) is 13.0. The molecule has 1 aliphatic carbocycles. The topological polar surface area (TPSA) is 12.0 Å². The average molecular weight is 286 g/mol. The summed E-state index contributed by atoms with van der Waals surface area (Å²) in [7, 11) is 2.06. The summed E-state index contributed by atoms with van der Waals surface area (Å²) in [6, 6.07) is 2.06. The van der Waals surface area contributed by atoms with E-state index in [0.29, 0.717) is 5.92 Å². The normalized spacial score (nSPS) is 28.5. The summed E-state index contributed by atoms with van der Waals surface area (Å²) in [5.74, 6) is 2.35. The molecule has 18 heavy (non-hydrogen) atoms. The van der Waals surface area contributed by atoms with Crippen LogP contribution in [0.15, 0.2) is 11.4 Å². The van der Waals surface area contributed by atoms with Crippen molar-refractivity contribution in [1.82, 2.24) is 5.32 Å². The maximum atomic E-state index is 6.35. The molecule has 1 heterocycles. The summed E-state index contributed by atoms with van der Waals surface area (Å²) in [6.45, 7) is 3.42.